The van der Waals surface area contributed by atoms with Gasteiger partial charge in [0.15, 0.2) is 0 Å². The molecule has 4 heteroatoms. The summed E-state index contributed by atoms with van der Waals surface area (Å²) in [4.78, 5) is 9.55. The zero-order chi connectivity index (χ0) is 8.53. The van der Waals surface area contributed by atoms with Gasteiger partial charge in [-0.15, -0.1) is 0 Å². The molecule has 0 aromatic carbocycles. The van der Waals surface area contributed by atoms with Crippen molar-refractivity contribution in [3.8, 4) is 0 Å². The van der Waals surface area contributed by atoms with Crippen molar-refractivity contribution in [3.63, 3.8) is 0 Å². The van der Waals surface area contributed by atoms with E-state index in [1.165, 1.54) is 12.8 Å². The fraction of sp³-hybridized carbons (Fsp3) is 0.857. The average Bonchev–Trinajstić information content (AvgIpc) is 2.41. The number of carboxylic acids is 1. The highest BCUT2D eigenvalue weighted by atomic mass is 32.1. The zero-order valence-electron chi connectivity index (χ0n) is 6.45. The minimum atomic E-state index is -0.787. The third-order valence-corrected chi connectivity index (χ3v) is 1.38. The van der Waals surface area contributed by atoms with Crippen LogP contribution in [0.15, 0.2) is 0 Å². The molecule has 0 aromatic rings. The van der Waals surface area contributed by atoms with Crippen LogP contribution in [0.1, 0.15) is 19.3 Å². The molecular weight excluding hydrogens is 164 g/mol. The standard InChI is InChI=1S/C4H8O.C3H6O2S/c1-2-4-5-3-1;4-3(5)1-2-6/h1-4H2;6H,1-2H2,(H,4,5). The van der Waals surface area contributed by atoms with Crippen molar-refractivity contribution in [1.29, 1.82) is 0 Å². The molecule has 0 radical (unpaired) electrons. The predicted octanol–water partition coefficient (Wildman–Crippen LogP) is 1.19. The van der Waals surface area contributed by atoms with E-state index in [4.69, 9.17) is 9.84 Å². The van der Waals surface area contributed by atoms with E-state index in [0.29, 0.717) is 5.75 Å². The van der Waals surface area contributed by atoms with E-state index in [2.05, 4.69) is 12.6 Å². The van der Waals surface area contributed by atoms with Crippen LogP contribution in [0.2, 0.25) is 0 Å². The van der Waals surface area contributed by atoms with Crippen molar-refractivity contribution in [2.75, 3.05) is 19.0 Å². The lowest BCUT2D eigenvalue weighted by Gasteiger charge is -1.79. The maximum Gasteiger partial charge on any atom is 0.304 e. The summed E-state index contributed by atoms with van der Waals surface area (Å²) in [6.45, 7) is 2.00. The van der Waals surface area contributed by atoms with E-state index in [1.807, 2.05) is 0 Å². The molecule has 0 aliphatic carbocycles. The van der Waals surface area contributed by atoms with Crippen LogP contribution < -0.4 is 0 Å². The number of carbonyl (C=O) groups is 1. The highest BCUT2D eigenvalue weighted by Crippen LogP contribution is 1.98. The van der Waals surface area contributed by atoms with Gasteiger partial charge in [-0.2, -0.15) is 12.6 Å². The molecular formula is C7H14O3S. The number of hydrogen-bond donors (Lipinski definition) is 2. The van der Waals surface area contributed by atoms with Gasteiger partial charge >= 0.3 is 5.97 Å². The van der Waals surface area contributed by atoms with Gasteiger partial charge in [-0.3, -0.25) is 4.79 Å². The van der Waals surface area contributed by atoms with Gasteiger partial charge in [-0.1, -0.05) is 0 Å². The molecule has 1 heterocycles. The van der Waals surface area contributed by atoms with E-state index in [9.17, 15) is 4.79 Å². The average molecular weight is 178 g/mol. The minimum Gasteiger partial charge on any atom is -0.481 e. The Labute approximate surface area is 72.2 Å². The first kappa shape index (κ1) is 10.8. The first-order valence-corrected chi connectivity index (χ1v) is 4.31. The first-order chi connectivity index (χ1) is 5.27. The molecule has 1 rings (SSSR count). The van der Waals surface area contributed by atoms with Crippen LogP contribution in [0.3, 0.4) is 0 Å². The molecule has 0 amide bonds. The van der Waals surface area contributed by atoms with E-state index >= 15 is 0 Å². The van der Waals surface area contributed by atoms with Crippen LogP contribution in [0.25, 0.3) is 0 Å². The van der Waals surface area contributed by atoms with Gasteiger partial charge in [0, 0.05) is 19.0 Å². The molecule has 3 nitrogen and oxygen atoms in total. The molecule has 0 saturated carbocycles. The van der Waals surface area contributed by atoms with Gasteiger partial charge in [-0.25, -0.2) is 0 Å². The highest BCUT2D eigenvalue weighted by Gasteiger charge is 1.94. The molecule has 0 atom stereocenters. The Morgan fingerprint density at radius 2 is 2.00 bits per heavy atom. The lowest BCUT2D eigenvalue weighted by molar-refractivity contribution is -0.136. The van der Waals surface area contributed by atoms with E-state index < -0.39 is 5.97 Å². The minimum absolute atomic E-state index is 0.156. The summed E-state index contributed by atoms with van der Waals surface area (Å²) in [5, 5.41) is 7.86. The zero-order valence-corrected chi connectivity index (χ0v) is 7.35. The lowest BCUT2D eigenvalue weighted by Crippen LogP contribution is -1.93. The van der Waals surface area contributed by atoms with Crippen LogP contribution in [0.4, 0.5) is 0 Å². The Hall–Kier alpha value is -0.220. The Kier molecular flexibility index (Phi) is 7.72. The third kappa shape index (κ3) is 9.78. The molecule has 0 bridgehead atoms. The Morgan fingerprint density at radius 3 is 2.09 bits per heavy atom. The van der Waals surface area contributed by atoms with E-state index in [0.717, 1.165) is 13.2 Å². The van der Waals surface area contributed by atoms with E-state index in [1.54, 1.807) is 0 Å². The van der Waals surface area contributed by atoms with Gasteiger partial charge in [0.1, 0.15) is 0 Å². The van der Waals surface area contributed by atoms with Crippen molar-refractivity contribution < 1.29 is 14.6 Å². The Morgan fingerprint density at radius 1 is 1.45 bits per heavy atom. The summed E-state index contributed by atoms with van der Waals surface area (Å²) >= 11 is 3.68. The second-order valence-electron chi connectivity index (χ2n) is 2.19. The molecule has 1 fully saturated rings. The highest BCUT2D eigenvalue weighted by molar-refractivity contribution is 7.80. The maximum absolute atomic E-state index is 9.55. The van der Waals surface area contributed by atoms with Gasteiger partial charge in [0.25, 0.3) is 0 Å². The van der Waals surface area contributed by atoms with Crippen molar-refractivity contribution in [3.05, 3.63) is 0 Å². The number of hydrogen-bond acceptors (Lipinski definition) is 3. The molecule has 1 aliphatic heterocycles. The fourth-order valence-electron chi connectivity index (χ4n) is 0.606. The van der Waals surface area contributed by atoms with Crippen molar-refractivity contribution in [2.45, 2.75) is 19.3 Å². The van der Waals surface area contributed by atoms with Crippen LogP contribution in [0, 0.1) is 0 Å². The predicted molar refractivity (Wildman–Crippen MR) is 46.2 cm³/mol. The topological polar surface area (TPSA) is 46.5 Å². The second-order valence-corrected chi connectivity index (χ2v) is 2.63. The first-order valence-electron chi connectivity index (χ1n) is 3.67. The summed E-state index contributed by atoms with van der Waals surface area (Å²) in [6.07, 6.45) is 2.71. The summed E-state index contributed by atoms with van der Waals surface area (Å²) in [5.74, 6) is -0.361. The Bertz CT molecular complexity index is 94.2. The normalized spacial score (nSPS) is 15.4. The van der Waals surface area contributed by atoms with E-state index in [-0.39, 0.29) is 6.42 Å². The SMILES string of the molecule is C1CCOC1.O=C(O)CCS. The summed E-state index contributed by atoms with van der Waals surface area (Å²) in [6, 6.07) is 0. The molecule has 0 aromatic heterocycles. The van der Waals surface area contributed by atoms with Crippen LogP contribution >= 0.6 is 12.6 Å². The van der Waals surface area contributed by atoms with Gasteiger partial charge < -0.3 is 9.84 Å². The van der Waals surface area contributed by atoms with Crippen LogP contribution in [-0.4, -0.2) is 30.0 Å². The lowest BCUT2D eigenvalue weighted by atomic mass is 10.4. The Balaban J connectivity index is 0.000000183. The molecule has 1 aliphatic rings. The van der Waals surface area contributed by atoms with Gasteiger partial charge in [0.05, 0.1) is 6.42 Å². The number of carboxylic acid groups (broad SMARTS) is 1. The monoisotopic (exact) mass is 178 g/mol. The molecule has 1 saturated heterocycles. The van der Waals surface area contributed by atoms with Gasteiger partial charge in [0.2, 0.25) is 0 Å². The molecule has 0 spiro atoms. The summed E-state index contributed by atoms with van der Waals surface area (Å²) < 4.78 is 4.94. The molecule has 0 unspecified atom stereocenters. The molecule has 1 N–H and O–H groups in total. The number of thiol groups is 1. The second kappa shape index (κ2) is 7.88. The number of rotatable bonds is 2. The fourth-order valence-corrected chi connectivity index (χ4v) is 0.797. The molecule has 11 heavy (non-hydrogen) atoms. The van der Waals surface area contributed by atoms with Crippen molar-refractivity contribution in [1.82, 2.24) is 0 Å². The largest absolute Gasteiger partial charge is 0.481 e. The van der Waals surface area contributed by atoms with Crippen molar-refractivity contribution >= 4 is 18.6 Å². The quantitative estimate of drug-likeness (QED) is 0.624. The summed E-state index contributed by atoms with van der Waals surface area (Å²) in [5.41, 5.74) is 0. The van der Waals surface area contributed by atoms with Gasteiger partial charge in [-0.05, 0) is 12.8 Å². The van der Waals surface area contributed by atoms with Crippen LogP contribution in [0.5, 0.6) is 0 Å². The third-order valence-electron chi connectivity index (χ3n) is 1.15. The van der Waals surface area contributed by atoms with Crippen molar-refractivity contribution in [2.24, 2.45) is 0 Å². The molecule has 66 valence electrons. The number of ether oxygens (including phenoxy) is 1. The van der Waals surface area contributed by atoms with Crippen LogP contribution in [-0.2, 0) is 9.53 Å². The smallest absolute Gasteiger partial charge is 0.304 e. The summed E-state index contributed by atoms with van der Waals surface area (Å²) in [7, 11) is 0. The number of aliphatic carboxylic acids is 1. The maximum atomic E-state index is 9.55.